The number of hydrogen-bond donors (Lipinski definition) is 0. The third-order valence-electron chi connectivity index (χ3n) is 3.27. The quantitative estimate of drug-likeness (QED) is 0.853. The average Bonchev–Trinajstić information content (AvgIpc) is 2.89. The Morgan fingerprint density at radius 2 is 2.25 bits per heavy atom. The van der Waals surface area contributed by atoms with E-state index in [9.17, 15) is 4.79 Å². The first-order valence-electron chi connectivity index (χ1n) is 6.40. The minimum atomic E-state index is -0.521. The van der Waals surface area contributed by atoms with Crippen LogP contribution in [0.5, 0.6) is 5.75 Å². The van der Waals surface area contributed by atoms with Gasteiger partial charge < -0.3 is 14.1 Å². The molecule has 20 heavy (non-hydrogen) atoms. The molecule has 0 N–H and O–H groups in total. The molecule has 1 atom stereocenters. The van der Waals surface area contributed by atoms with Gasteiger partial charge in [0.05, 0.1) is 12.8 Å². The third kappa shape index (κ3) is 2.51. The number of furan rings is 1. The van der Waals surface area contributed by atoms with Crippen LogP contribution in [0.15, 0.2) is 41.0 Å². The highest BCUT2D eigenvalue weighted by atomic mass is 35.5. The van der Waals surface area contributed by atoms with Crippen LogP contribution in [-0.4, -0.2) is 16.9 Å². The fourth-order valence-electron chi connectivity index (χ4n) is 2.29. The van der Waals surface area contributed by atoms with Crippen LogP contribution in [0.3, 0.4) is 0 Å². The molecule has 0 saturated carbocycles. The van der Waals surface area contributed by atoms with Crippen molar-refractivity contribution >= 4 is 17.5 Å². The molecule has 5 heteroatoms. The molecule has 0 aliphatic carbocycles. The lowest BCUT2D eigenvalue weighted by molar-refractivity contribution is -0.138. The highest BCUT2D eigenvalue weighted by Gasteiger charge is 2.28. The fourth-order valence-corrected chi connectivity index (χ4v) is 2.49. The zero-order valence-electron chi connectivity index (χ0n) is 11.0. The van der Waals surface area contributed by atoms with Crippen LogP contribution in [0.4, 0.5) is 0 Å². The van der Waals surface area contributed by atoms with Crippen LogP contribution >= 0.6 is 11.6 Å². The molecule has 0 unspecified atom stereocenters. The second kappa shape index (κ2) is 5.21. The van der Waals surface area contributed by atoms with Crippen molar-refractivity contribution in [1.82, 2.24) is 4.90 Å². The van der Waals surface area contributed by atoms with Crippen LogP contribution in [0.2, 0.25) is 5.02 Å². The predicted octanol–water partition coefficient (Wildman–Crippen LogP) is 3.24. The van der Waals surface area contributed by atoms with Gasteiger partial charge in [0.25, 0.3) is 5.91 Å². The summed E-state index contributed by atoms with van der Waals surface area (Å²) in [6.45, 7) is 2.63. The number of carbonyl (C=O) groups excluding carboxylic acids is 1. The molecule has 0 saturated heterocycles. The first-order chi connectivity index (χ1) is 9.63. The number of ether oxygens (including phenoxy) is 1. The molecule has 2 heterocycles. The SMILES string of the molecule is C[C@H]1Oc2ccc(Cl)cc2CN(Cc2ccco2)C1=O. The summed E-state index contributed by atoms with van der Waals surface area (Å²) in [4.78, 5) is 14.1. The maximum absolute atomic E-state index is 12.4. The van der Waals surface area contributed by atoms with E-state index in [1.165, 1.54) is 0 Å². The van der Waals surface area contributed by atoms with Crippen molar-refractivity contribution in [3.63, 3.8) is 0 Å². The Morgan fingerprint density at radius 1 is 1.40 bits per heavy atom. The Bertz CT molecular complexity index is 624. The lowest BCUT2D eigenvalue weighted by atomic mass is 10.2. The third-order valence-corrected chi connectivity index (χ3v) is 3.51. The molecule has 0 fully saturated rings. The number of halogens is 1. The monoisotopic (exact) mass is 291 g/mol. The first-order valence-corrected chi connectivity index (χ1v) is 6.77. The highest BCUT2D eigenvalue weighted by Crippen LogP contribution is 2.29. The first kappa shape index (κ1) is 13.1. The number of rotatable bonds is 2. The summed E-state index contributed by atoms with van der Waals surface area (Å²) in [5, 5.41) is 0.632. The van der Waals surface area contributed by atoms with E-state index < -0.39 is 6.10 Å². The van der Waals surface area contributed by atoms with Crippen molar-refractivity contribution in [3.05, 3.63) is 52.9 Å². The normalized spacial score (nSPS) is 18.4. The van der Waals surface area contributed by atoms with E-state index >= 15 is 0 Å². The fraction of sp³-hybridized carbons (Fsp3) is 0.267. The number of carbonyl (C=O) groups is 1. The van der Waals surface area contributed by atoms with E-state index in [2.05, 4.69) is 0 Å². The standard InChI is InChI=1S/C15H14ClNO3/c1-10-15(18)17(9-13-3-2-6-19-13)8-11-7-12(16)4-5-14(11)20-10/h2-7,10H,8-9H2,1H3/t10-/m1/s1. The molecular weight excluding hydrogens is 278 g/mol. The molecular formula is C15H14ClNO3. The van der Waals surface area contributed by atoms with Gasteiger partial charge >= 0.3 is 0 Å². The van der Waals surface area contributed by atoms with Crippen molar-refractivity contribution < 1.29 is 13.9 Å². The van der Waals surface area contributed by atoms with Gasteiger partial charge in [-0.25, -0.2) is 0 Å². The number of fused-ring (bicyclic) bond motifs is 1. The Kier molecular flexibility index (Phi) is 3.40. The maximum Gasteiger partial charge on any atom is 0.264 e. The number of benzene rings is 1. The molecule has 3 rings (SSSR count). The topological polar surface area (TPSA) is 42.7 Å². The minimum absolute atomic E-state index is 0.0614. The van der Waals surface area contributed by atoms with E-state index in [4.69, 9.17) is 20.8 Å². The van der Waals surface area contributed by atoms with Gasteiger partial charge in [-0.05, 0) is 37.3 Å². The number of amides is 1. The van der Waals surface area contributed by atoms with Crippen molar-refractivity contribution in [3.8, 4) is 5.75 Å². The van der Waals surface area contributed by atoms with E-state index in [-0.39, 0.29) is 5.91 Å². The van der Waals surface area contributed by atoms with E-state index in [1.54, 1.807) is 30.2 Å². The van der Waals surface area contributed by atoms with Crippen molar-refractivity contribution in [2.24, 2.45) is 0 Å². The van der Waals surface area contributed by atoms with Crippen LogP contribution < -0.4 is 4.74 Å². The summed E-state index contributed by atoms with van der Waals surface area (Å²) in [6.07, 6.45) is 1.08. The molecule has 2 aromatic rings. The summed E-state index contributed by atoms with van der Waals surface area (Å²) in [5.74, 6) is 1.39. The second-order valence-electron chi connectivity index (χ2n) is 4.79. The van der Waals surface area contributed by atoms with Gasteiger partial charge in [-0.2, -0.15) is 0 Å². The lowest BCUT2D eigenvalue weighted by Gasteiger charge is -2.20. The molecule has 1 aliphatic rings. The molecule has 1 aromatic heterocycles. The van der Waals surface area contributed by atoms with Crippen LogP contribution in [-0.2, 0) is 17.9 Å². The molecule has 0 radical (unpaired) electrons. The smallest absolute Gasteiger partial charge is 0.264 e. The summed E-state index contributed by atoms with van der Waals surface area (Å²) in [7, 11) is 0. The lowest BCUT2D eigenvalue weighted by Crippen LogP contribution is -2.37. The van der Waals surface area contributed by atoms with Crippen LogP contribution in [0, 0.1) is 0 Å². The van der Waals surface area contributed by atoms with Gasteiger partial charge in [-0.15, -0.1) is 0 Å². The summed E-state index contributed by atoms with van der Waals surface area (Å²) in [6, 6.07) is 9.06. The van der Waals surface area contributed by atoms with Gasteiger partial charge in [0, 0.05) is 17.1 Å². The number of hydrogen-bond acceptors (Lipinski definition) is 3. The van der Waals surface area contributed by atoms with Gasteiger partial charge in [-0.3, -0.25) is 4.79 Å². The van der Waals surface area contributed by atoms with Crippen LogP contribution in [0.1, 0.15) is 18.2 Å². The Labute approximate surface area is 121 Å². The molecule has 1 amide bonds. The number of nitrogens with zero attached hydrogens (tertiary/aromatic N) is 1. The Morgan fingerprint density at radius 3 is 3.00 bits per heavy atom. The van der Waals surface area contributed by atoms with Crippen molar-refractivity contribution in [2.45, 2.75) is 26.1 Å². The van der Waals surface area contributed by atoms with Gasteiger partial charge in [0.15, 0.2) is 6.10 Å². The zero-order chi connectivity index (χ0) is 14.1. The second-order valence-corrected chi connectivity index (χ2v) is 5.22. The van der Waals surface area contributed by atoms with E-state index in [1.807, 2.05) is 18.2 Å². The van der Waals surface area contributed by atoms with Gasteiger partial charge in [0.1, 0.15) is 11.5 Å². The van der Waals surface area contributed by atoms with Gasteiger partial charge in [-0.1, -0.05) is 11.6 Å². The Hall–Kier alpha value is -1.94. The zero-order valence-corrected chi connectivity index (χ0v) is 11.8. The van der Waals surface area contributed by atoms with E-state index in [0.717, 1.165) is 11.3 Å². The molecule has 1 aliphatic heterocycles. The largest absolute Gasteiger partial charge is 0.481 e. The molecule has 0 spiro atoms. The highest BCUT2D eigenvalue weighted by molar-refractivity contribution is 6.30. The minimum Gasteiger partial charge on any atom is -0.481 e. The molecule has 0 bridgehead atoms. The Balaban J connectivity index is 1.91. The molecule has 1 aromatic carbocycles. The van der Waals surface area contributed by atoms with Crippen LogP contribution in [0.25, 0.3) is 0 Å². The molecule has 104 valence electrons. The maximum atomic E-state index is 12.4. The predicted molar refractivity (Wildman–Crippen MR) is 74.5 cm³/mol. The van der Waals surface area contributed by atoms with Gasteiger partial charge in [0.2, 0.25) is 0 Å². The summed E-state index contributed by atoms with van der Waals surface area (Å²) >= 11 is 6.02. The van der Waals surface area contributed by atoms with Crippen molar-refractivity contribution in [2.75, 3.05) is 0 Å². The molecule has 4 nitrogen and oxygen atoms in total. The summed E-state index contributed by atoms with van der Waals surface area (Å²) in [5.41, 5.74) is 0.904. The van der Waals surface area contributed by atoms with Crippen molar-refractivity contribution in [1.29, 1.82) is 0 Å². The summed E-state index contributed by atoms with van der Waals surface area (Å²) < 4.78 is 11.0. The van der Waals surface area contributed by atoms with E-state index in [0.29, 0.717) is 23.9 Å². The average molecular weight is 292 g/mol.